The number of hydrogen-bond acceptors (Lipinski definition) is 6. The molecule has 3 rings (SSSR count). The Labute approximate surface area is 126 Å². The number of aromatic nitrogens is 4. The topological polar surface area (TPSA) is 68.8 Å². The summed E-state index contributed by atoms with van der Waals surface area (Å²) < 4.78 is 7.26. The summed E-state index contributed by atoms with van der Waals surface area (Å²) in [4.78, 5) is 5.50. The molecule has 6 nitrogen and oxygen atoms in total. The minimum absolute atomic E-state index is 0.430. The highest BCUT2D eigenvalue weighted by molar-refractivity contribution is 7.13. The summed E-state index contributed by atoms with van der Waals surface area (Å²) in [5.74, 6) is 0.654. The molecular weight excluding hydrogens is 286 g/mol. The van der Waals surface area contributed by atoms with Crippen LogP contribution in [-0.2, 0) is 13.1 Å². The lowest BCUT2D eigenvalue weighted by atomic mass is 10.3. The van der Waals surface area contributed by atoms with Gasteiger partial charge in [0.1, 0.15) is 12.0 Å². The average Bonchev–Trinajstić information content (AvgIpc) is 3.18. The van der Waals surface area contributed by atoms with Crippen LogP contribution in [0.2, 0.25) is 0 Å². The van der Waals surface area contributed by atoms with Crippen LogP contribution < -0.4 is 5.32 Å². The van der Waals surface area contributed by atoms with Gasteiger partial charge in [-0.3, -0.25) is 0 Å². The molecule has 0 aromatic carbocycles. The maximum atomic E-state index is 5.49. The van der Waals surface area contributed by atoms with Crippen LogP contribution in [0.25, 0.3) is 10.8 Å². The Hall–Kier alpha value is -1.99. The zero-order valence-corrected chi connectivity index (χ0v) is 12.8. The first kappa shape index (κ1) is 14.0. The van der Waals surface area contributed by atoms with Crippen LogP contribution in [0.1, 0.15) is 25.2 Å². The van der Waals surface area contributed by atoms with Gasteiger partial charge in [0, 0.05) is 12.6 Å². The van der Waals surface area contributed by atoms with E-state index < -0.39 is 0 Å². The normalized spacial score (nSPS) is 11.4. The van der Waals surface area contributed by atoms with E-state index in [1.807, 2.05) is 23.7 Å². The molecule has 21 heavy (non-hydrogen) atoms. The van der Waals surface area contributed by atoms with E-state index in [0.717, 1.165) is 22.8 Å². The molecular formula is C14H17N5OS. The van der Waals surface area contributed by atoms with Crippen LogP contribution in [0.15, 0.2) is 34.4 Å². The predicted molar refractivity (Wildman–Crippen MR) is 80.9 cm³/mol. The molecule has 7 heteroatoms. The molecule has 0 radical (unpaired) electrons. The monoisotopic (exact) mass is 303 g/mol. The van der Waals surface area contributed by atoms with E-state index in [2.05, 4.69) is 34.5 Å². The molecule has 0 saturated heterocycles. The van der Waals surface area contributed by atoms with E-state index in [9.17, 15) is 0 Å². The van der Waals surface area contributed by atoms with Crippen molar-refractivity contribution in [2.75, 3.05) is 0 Å². The molecule has 0 unspecified atom stereocenters. The molecule has 0 fully saturated rings. The fraction of sp³-hybridized carbons (Fsp3) is 0.357. The van der Waals surface area contributed by atoms with E-state index in [1.54, 1.807) is 22.3 Å². The second-order valence-electron chi connectivity index (χ2n) is 5.06. The van der Waals surface area contributed by atoms with Gasteiger partial charge in [-0.2, -0.15) is 0 Å². The molecule has 0 atom stereocenters. The van der Waals surface area contributed by atoms with Gasteiger partial charge in [0.15, 0.2) is 0 Å². The lowest BCUT2D eigenvalue weighted by Crippen LogP contribution is -2.21. The lowest BCUT2D eigenvalue weighted by Gasteiger charge is -2.03. The second kappa shape index (κ2) is 6.19. The smallest absolute Gasteiger partial charge is 0.236 e. The van der Waals surface area contributed by atoms with Crippen LogP contribution in [0.5, 0.6) is 0 Å². The number of nitrogens with one attached hydrogen (secondary N) is 1. The first-order chi connectivity index (χ1) is 10.2. The molecule has 3 aromatic heterocycles. The molecule has 0 amide bonds. The van der Waals surface area contributed by atoms with Crippen molar-refractivity contribution in [3.05, 3.63) is 41.4 Å². The standard InChI is InChI=1S/C14H17N5OS/c1-10(2)15-6-11-7-19(18-17-11)8-12-9-20-14(16-12)13-4-3-5-21-13/h3-5,7,9-10,15H,6,8H2,1-2H3. The minimum atomic E-state index is 0.430. The Morgan fingerprint density at radius 2 is 2.29 bits per heavy atom. The maximum absolute atomic E-state index is 5.49. The summed E-state index contributed by atoms with van der Waals surface area (Å²) in [6.07, 6.45) is 3.59. The third-order valence-corrected chi connectivity index (χ3v) is 3.74. The first-order valence-electron chi connectivity index (χ1n) is 6.81. The van der Waals surface area contributed by atoms with Gasteiger partial charge >= 0.3 is 0 Å². The Kier molecular flexibility index (Phi) is 4.12. The summed E-state index contributed by atoms with van der Waals surface area (Å²) >= 11 is 1.61. The molecule has 1 N–H and O–H groups in total. The molecule has 0 bridgehead atoms. The van der Waals surface area contributed by atoms with Crippen molar-refractivity contribution in [3.8, 4) is 10.8 Å². The van der Waals surface area contributed by atoms with Crippen LogP contribution in [0, 0.1) is 0 Å². The van der Waals surface area contributed by atoms with E-state index in [-0.39, 0.29) is 0 Å². The van der Waals surface area contributed by atoms with E-state index in [4.69, 9.17) is 4.42 Å². The zero-order valence-electron chi connectivity index (χ0n) is 12.0. The molecule has 0 aliphatic heterocycles. The molecule has 0 saturated carbocycles. The number of thiophene rings is 1. The van der Waals surface area contributed by atoms with Gasteiger partial charge in [-0.05, 0) is 11.4 Å². The summed E-state index contributed by atoms with van der Waals surface area (Å²) in [5.41, 5.74) is 1.76. The average molecular weight is 303 g/mol. The van der Waals surface area contributed by atoms with Crippen molar-refractivity contribution in [1.82, 2.24) is 25.3 Å². The Morgan fingerprint density at radius 1 is 1.38 bits per heavy atom. The van der Waals surface area contributed by atoms with Crippen LogP contribution in [0.3, 0.4) is 0 Å². The van der Waals surface area contributed by atoms with Gasteiger partial charge in [-0.1, -0.05) is 25.1 Å². The maximum Gasteiger partial charge on any atom is 0.236 e. The first-order valence-corrected chi connectivity index (χ1v) is 7.69. The van der Waals surface area contributed by atoms with E-state index >= 15 is 0 Å². The quantitative estimate of drug-likeness (QED) is 0.758. The number of oxazole rings is 1. The van der Waals surface area contributed by atoms with Gasteiger partial charge < -0.3 is 9.73 Å². The summed E-state index contributed by atoms with van der Waals surface area (Å²) in [5, 5.41) is 13.6. The molecule has 0 spiro atoms. The van der Waals surface area contributed by atoms with Crippen LogP contribution in [-0.4, -0.2) is 26.0 Å². The predicted octanol–water partition coefficient (Wildman–Crippen LogP) is 2.54. The Balaban J connectivity index is 1.64. The highest BCUT2D eigenvalue weighted by Crippen LogP contribution is 2.23. The molecule has 3 heterocycles. The number of rotatable bonds is 6. The largest absolute Gasteiger partial charge is 0.443 e. The number of hydrogen-bond donors (Lipinski definition) is 1. The Bertz CT molecular complexity index is 686. The fourth-order valence-electron chi connectivity index (χ4n) is 1.86. The van der Waals surface area contributed by atoms with Gasteiger partial charge in [0.25, 0.3) is 0 Å². The summed E-state index contributed by atoms with van der Waals surface area (Å²) in [6.45, 7) is 5.48. The van der Waals surface area contributed by atoms with Crippen molar-refractivity contribution < 1.29 is 4.42 Å². The third-order valence-electron chi connectivity index (χ3n) is 2.89. The lowest BCUT2D eigenvalue weighted by molar-refractivity contribution is 0.569. The second-order valence-corrected chi connectivity index (χ2v) is 6.01. The third kappa shape index (κ3) is 3.56. The van der Waals surface area contributed by atoms with Gasteiger partial charge in [-0.25, -0.2) is 9.67 Å². The van der Waals surface area contributed by atoms with Crippen molar-refractivity contribution in [2.45, 2.75) is 33.0 Å². The Morgan fingerprint density at radius 3 is 3.05 bits per heavy atom. The van der Waals surface area contributed by atoms with Gasteiger partial charge in [0.05, 0.1) is 23.3 Å². The number of nitrogens with zero attached hydrogens (tertiary/aromatic N) is 4. The molecule has 0 aliphatic rings. The van der Waals surface area contributed by atoms with Gasteiger partial charge in [0.2, 0.25) is 5.89 Å². The summed E-state index contributed by atoms with van der Waals surface area (Å²) in [6, 6.07) is 4.40. The SMILES string of the molecule is CC(C)NCc1cn(Cc2coc(-c3cccs3)n2)nn1. The zero-order chi connectivity index (χ0) is 14.7. The summed E-state index contributed by atoms with van der Waals surface area (Å²) in [7, 11) is 0. The highest BCUT2D eigenvalue weighted by Gasteiger charge is 2.09. The van der Waals surface area contributed by atoms with E-state index in [0.29, 0.717) is 18.5 Å². The van der Waals surface area contributed by atoms with Gasteiger partial charge in [-0.15, -0.1) is 16.4 Å². The van der Waals surface area contributed by atoms with Crippen LogP contribution in [0.4, 0.5) is 0 Å². The molecule has 3 aromatic rings. The molecule has 0 aliphatic carbocycles. The van der Waals surface area contributed by atoms with Crippen molar-refractivity contribution in [2.24, 2.45) is 0 Å². The van der Waals surface area contributed by atoms with Crippen molar-refractivity contribution in [3.63, 3.8) is 0 Å². The minimum Gasteiger partial charge on any atom is -0.443 e. The highest BCUT2D eigenvalue weighted by atomic mass is 32.1. The molecule has 110 valence electrons. The van der Waals surface area contributed by atoms with E-state index in [1.165, 1.54) is 0 Å². The fourth-order valence-corrected chi connectivity index (χ4v) is 2.52. The van der Waals surface area contributed by atoms with Crippen molar-refractivity contribution >= 4 is 11.3 Å². The van der Waals surface area contributed by atoms with Crippen LogP contribution >= 0.6 is 11.3 Å². The van der Waals surface area contributed by atoms with Crippen molar-refractivity contribution in [1.29, 1.82) is 0 Å².